The molecule has 0 heterocycles. The van der Waals surface area contributed by atoms with Gasteiger partial charge in [-0.15, -0.1) is 0 Å². The van der Waals surface area contributed by atoms with Crippen molar-refractivity contribution >= 4 is 28.5 Å². The molecule has 0 atom stereocenters. The van der Waals surface area contributed by atoms with Gasteiger partial charge in [-0.05, 0) is 54.7 Å². The molecule has 27 heavy (non-hydrogen) atoms. The summed E-state index contributed by atoms with van der Waals surface area (Å²) in [5, 5.41) is 21.3. The zero-order valence-electron chi connectivity index (χ0n) is 14.9. The maximum absolute atomic E-state index is 12.1. The van der Waals surface area contributed by atoms with Crippen molar-refractivity contribution in [1.82, 2.24) is 5.32 Å². The third-order valence-electron chi connectivity index (χ3n) is 4.93. The Kier molecular flexibility index (Phi) is 5.59. The molecular weight excluding hydrogens is 346 g/mol. The van der Waals surface area contributed by atoms with Crippen LogP contribution >= 0.6 is 0 Å². The van der Waals surface area contributed by atoms with Crippen LogP contribution in [0.2, 0.25) is 0 Å². The van der Waals surface area contributed by atoms with E-state index in [-0.39, 0.29) is 30.3 Å². The molecule has 1 saturated carbocycles. The standard InChI is InChI=1S/C20H23N3O4/c21-19(22)15-2-1-14-10-17(8-5-13(14)9-15)27-11-18(24)23-16-6-3-12(4-7-16)20(25)26/h1-2,5,8-10,12,16H,3-4,6-7,11H2,(H3,21,22)(H,23,24)(H,25,26). The molecule has 0 aromatic heterocycles. The number of fused-ring (bicyclic) bond motifs is 1. The number of carboxylic acids is 1. The molecule has 1 fully saturated rings. The number of hydrogen-bond acceptors (Lipinski definition) is 4. The number of rotatable bonds is 6. The Balaban J connectivity index is 1.52. The number of amides is 1. The number of carbonyl (C=O) groups excluding carboxylic acids is 1. The van der Waals surface area contributed by atoms with Crippen molar-refractivity contribution in [3.05, 3.63) is 42.0 Å². The molecule has 0 aliphatic heterocycles. The van der Waals surface area contributed by atoms with Gasteiger partial charge in [0.2, 0.25) is 0 Å². The van der Waals surface area contributed by atoms with Gasteiger partial charge in [0, 0.05) is 11.6 Å². The minimum atomic E-state index is -0.755. The monoisotopic (exact) mass is 369 g/mol. The molecule has 0 bridgehead atoms. The second kappa shape index (κ2) is 8.07. The van der Waals surface area contributed by atoms with Crippen molar-refractivity contribution in [3.63, 3.8) is 0 Å². The fourth-order valence-electron chi connectivity index (χ4n) is 3.38. The zero-order valence-corrected chi connectivity index (χ0v) is 14.9. The van der Waals surface area contributed by atoms with Crippen molar-refractivity contribution < 1.29 is 19.4 Å². The van der Waals surface area contributed by atoms with Gasteiger partial charge in [-0.3, -0.25) is 15.0 Å². The number of amidine groups is 1. The Morgan fingerprint density at radius 1 is 1.11 bits per heavy atom. The third kappa shape index (κ3) is 4.75. The number of benzene rings is 2. The lowest BCUT2D eigenvalue weighted by atomic mass is 9.86. The van der Waals surface area contributed by atoms with E-state index in [4.69, 9.17) is 21.0 Å². The summed E-state index contributed by atoms with van der Waals surface area (Å²) in [4.78, 5) is 23.1. The summed E-state index contributed by atoms with van der Waals surface area (Å²) in [6.45, 7) is -0.0874. The first-order chi connectivity index (χ1) is 12.9. The molecule has 0 unspecified atom stereocenters. The van der Waals surface area contributed by atoms with E-state index in [1.54, 1.807) is 12.1 Å². The molecule has 2 aromatic rings. The second-order valence-electron chi connectivity index (χ2n) is 6.88. The van der Waals surface area contributed by atoms with Crippen LogP contribution in [-0.2, 0) is 9.59 Å². The van der Waals surface area contributed by atoms with Crippen molar-refractivity contribution in [2.75, 3.05) is 6.61 Å². The highest BCUT2D eigenvalue weighted by molar-refractivity contribution is 5.99. The summed E-state index contributed by atoms with van der Waals surface area (Å²) in [6, 6.07) is 11.0. The van der Waals surface area contributed by atoms with E-state index in [1.165, 1.54) is 0 Å². The Hall–Kier alpha value is -3.09. The van der Waals surface area contributed by atoms with Crippen LogP contribution in [-0.4, -0.2) is 35.5 Å². The molecule has 142 valence electrons. The minimum Gasteiger partial charge on any atom is -0.484 e. The van der Waals surface area contributed by atoms with E-state index in [1.807, 2.05) is 24.3 Å². The predicted octanol–water partition coefficient (Wildman–Crippen LogP) is 2.26. The van der Waals surface area contributed by atoms with E-state index in [2.05, 4.69) is 5.32 Å². The summed E-state index contributed by atoms with van der Waals surface area (Å²) in [5.74, 6) is -0.653. The molecule has 3 rings (SSSR count). The van der Waals surface area contributed by atoms with Crippen LogP contribution in [0.15, 0.2) is 36.4 Å². The molecule has 0 saturated heterocycles. The summed E-state index contributed by atoms with van der Waals surface area (Å²) >= 11 is 0. The van der Waals surface area contributed by atoms with Gasteiger partial charge in [-0.1, -0.05) is 18.2 Å². The third-order valence-corrected chi connectivity index (χ3v) is 4.93. The van der Waals surface area contributed by atoms with Crippen molar-refractivity contribution in [2.24, 2.45) is 11.7 Å². The van der Waals surface area contributed by atoms with Crippen molar-refractivity contribution in [2.45, 2.75) is 31.7 Å². The number of nitrogen functional groups attached to an aromatic ring is 1. The van der Waals surface area contributed by atoms with Crippen molar-refractivity contribution in [1.29, 1.82) is 5.41 Å². The first-order valence-corrected chi connectivity index (χ1v) is 8.95. The van der Waals surface area contributed by atoms with Crippen molar-refractivity contribution in [3.8, 4) is 5.75 Å². The lowest BCUT2D eigenvalue weighted by molar-refractivity contribution is -0.142. The highest BCUT2D eigenvalue weighted by atomic mass is 16.5. The van der Waals surface area contributed by atoms with Crippen LogP contribution in [0.3, 0.4) is 0 Å². The van der Waals surface area contributed by atoms with E-state index in [0.717, 1.165) is 10.8 Å². The van der Waals surface area contributed by atoms with E-state index >= 15 is 0 Å². The number of carbonyl (C=O) groups is 2. The Bertz CT molecular complexity index is 873. The van der Waals surface area contributed by atoms with Gasteiger partial charge in [-0.2, -0.15) is 0 Å². The Labute approximate surface area is 157 Å². The fourth-order valence-corrected chi connectivity index (χ4v) is 3.38. The van der Waals surface area contributed by atoms with Crippen LogP contribution in [0.5, 0.6) is 5.75 Å². The first-order valence-electron chi connectivity index (χ1n) is 8.95. The predicted molar refractivity (Wildman–Crippen MR) is 102 cm³/mol. The average Bonchev–Trinajstić information content (AvgIpc) is 2.66. The van der Waals surface area contributed by atoms with Crippen LogP contribution in [0.4, 0.5) is 0 Å². The smallest absolute Gasteiger partial charge is 0.306 e. The molecular formula is C20H23N3O4. The van der Waals surface area contributed by atoms with Crippen LogP contribution < -0.4 is 15.8 Å². The van der Waals surface area contributed by atoms with E-state index in [0.29, 0.717) is 37.0 Å². The minimum absolute atomic E-state index is 0.0123. The number of hydrogen-bond donors (Lipinski definition) is 4. The van der Waals surface area contributed by atoms with Gasteiger partial charge in [0.05, 0.1) is 5.92 Å². The number of ether oxygens (including phenoxy) is 1. The zero-order chi connectivity index (χ0) is 19.4. The first kappa shape index (κ1) is 18.7. The van der Waals surface area contributed by atoms with Gasteiger partial charge in [-0.25, -0.2) is 0 Å². The van der Waals surface area contributed by atoms with E-state index in [9.17, 15) is 9.59 Å². The SMILES string of the molecule is N=C(N)c1ccc2cc(OCC(=O)NC3CCC(C(=O)O)CC3)ccc2c1. The average molecular weight is 369 g/mol. The quantitative estimate of drug-likeness (QED) is 0.459. The molecule has 7 heteroatoms. The summed E-state index contributed by atoms with van der Waals surface area (Å²) < 4.78 is 5.58. The maximum Gasteiger partial charge on any atom is 0.306 e. The fraction of sp³-hybridized carbons (Fsp3) is 0.350. The van der Waals surface area contributed by atoms with Gasteiger partial charge in [0.25, 0.3) is 5.91 Å². The Morgan fingerprint density at radius 2 is 1.78 bits per heavy atom. The number of aliphatic carboxylic acids is 1. The Morgan fingerprint density at radius 3 is 2.44 bits per heavy atom. The largest absolute Gasteiger partial charge is 0.484 e. The molecule has 2 aromatic carbocycles. The lowest BCUT2D eigenvalue weighted by Crippen LogP contribution is -2.40. The molecule has 7 nitrogen and oxygen atoms in total. The lowest BCUT2D eigenvalue weighted by Gasteiger charge is -2.26. The van der Waals surface area contributed by atoms with Gasteiger partial charge in [0.1, 0.15) is 11.6 Å². The normalized spacial score (nSPS) is 19.4. The van der Waals surface area contributed by atoms with Crippen LogP contribution in [0, 0.1) is 11.3 Å². The number of carboxylic acid groups (broad SMARTS) is 1. The molecule has 1 aliphatic rings. The highest BCUT2D eigenvalue weighted by Gasteiger charge is 2.26. The maximum atomic E-state index is 12.1. The number of nitrogens with two attached hydrogens (primary N) is 1. The van der Waals surface area contributed by atoms with Crippen LogP contribution in [0.25, 0.3) is 10.8 Å². The second-order valence-corrected chi connectivity index (χ2v) is 6.88. The summed E-state index contributed by atoms with van der Waals surface area (Å²) in [6.07, 6.45) is 2.54. The summed E-state index contributed by atoms with van der Waals surface area (Å²) in [5.41, 5.74) is 6.16. The summed E-state index contributed by atoms with van der Waals surface area (Å²) in [7, 11) is 0. The molecule has 5 N–H and O–H groups in total. The van der Waals surface area contributed by atoms with Gasteiger partial charge < -0.3 is 20.9 Å². The molecule has 0 spiro atoms. The number of nitrogens with one attached hydrogen (secondary N) is 2. The van der Waals surface area contributed by atoms with Crippen LogP contribution in [0.1, 0.15) is 31.2 Å². The molecule has 1 amide bonds. The molecule has 1 aliphatic carbocycles. The van der Waals surface area contributed by atoms with Gasteiger partial charge >= 0.3 is 5.97 Å². The van der Waals surface area contributed by atoms with E-state index < -0.39 is 5.97 Å². The molecule has 0 radical (unpaired) electrons. The topological polar surface area (TPSA) is 126 Å². The highest BCUT2D eigenvalue weighted by Crippen LogP contribution is 2.25. The van der Waals surface area contributed by atoms with Gasteiger partial charge in [0.15, 0.2) is 6.61 Å².